The molecule has 0 unspecified atom stereocenters. The molecule has 6 heteroatoms. The highest BCUT2D eigenvalue weighted by molar-refractivity contribution is 5.93. The molecule has 1 atom stereocenters. The number of likely N-dealkylation sites (tertiary alicyclic amines) is 1. The number of nitrogens with zero attached hydrogens (tertiary/aromatic N) is 1. The van der Waals surface area contributed by atoms with Crippen molar-refractivity contribution in [2.45, 2.75) is 19.3 Å². The standard InChI is InChI=1S/C18H19F2NO3/c19-15-3-2-13(16(20)8-15)9-18(12-22)5-1-6-21(11-18)17(23)14-4-7-24-10-14/h2-4,7-8,10,22H,1,5-6,9,11-12H2/t18-/m1/s1. The maximum atomic E-state index is 14.0. The van der Waals surface area contributed by atoms with Crippen molar-refractivity contribution in [1.82, 2.24) is 4.90 Å². The first-order chi connectivity index (χ1) is 11.5. The van der Waals surface area contributed by atoms with Crippen molar-refractivity contribution < 1.29 is 23.1 Å². The van der Waals surface area contributed by atoms with Gasteiger partial charge in [-0.2, -0.15) is 0 Å². The minimum atomic E-state index is -0.630. The zero-order chi connectivity index (χ0) is 17.2. The molecule has 128 valence electrons. The Morgan fingerprint density at radius 2 is 2.17 bits per heavy atom. The van der Waals surface area contributed by atoms with Gasteiger partial charge in [-0.15, -0.1) is 0 Å². The molecule has 0 spiro atoms. The van der Waals surface area contributed by atoms with Gasteiger partial charge in [0.2, 0.25) is 0 Å². The van der Waals surface area contributed by atoms with Crippen LogP contribution in [0, 0.1) is 17.0 Å². The van der Waals surface area contributed by atoms with E-state index >= 15 is 0 Å². The zero-order valence-corrected chi connectivity index (χ0v) is 13.2. The summed E-state index contributed by atoms with van der Waals surface area (Å²) in [6.45, 7) is 0.737. The van der Waals surface area contributed by atoms with Gasteiger partial charge >= 0.3 is 0 Å². The average molecular weight is 335 g/mol. The van der Waals surface area contributed by atoms with Crippen molar-refractivity contribution in [2.75, 3.05) is 19.7 Å². The number of hydrogen-bond acceptors (Lipinski definition) is 3. The van der Waals surface area contributed by atoms with Gasteiger partial charge in [0.1, 0.15) is 17.9 Å². The molecular weight excluding hydrogens is 316 g/mol. The predicted octanol–water partition coefficient (Wildman–Crippen LogP) is 3.02. The number of piperidine rings is 1. The summed E-state index contributed by atoms with van der Waals surface area (Å²) >= 11 is 0. The molecule has 1 saturated heterocycles. The van der Waals surface area contributed by atoms with Crippen LogP contribution in [0.3, 0.4) is 0 Å². The number of aliphatic hydroxyl groups excluding tert-OH is 1. The number of halogens is 2. The molecule has 2 aromatic rings. The van der Waals surface area contributed by atoms with E-state index in [4.69, 9.17) is 4.42 Å². The topological polar surface area (TPSA) is 53.7 Å². The summed E-state index contributed by atoms with van der Waals surface area (Å²) in [7, 11) is 0. The van der Waals surface area contributed by atoms with Crippen LogP contribution in [0.2, 0.25) is 0 Å². The monoisotopic (exact) mass is 335 g/mol. The number of furan rings is 1. The van der Waals surface area contributed by atoms with E-state index in [0.717, 1.165) is 6.07 Å². The third kappa shape index (κ3) is 3.33. The summed E-state index contributed by atoms with van der Waals surface area (Å²) in [6.07, 6.45) is 4.47. The highest BCUT2D eigenvalue weighted by atomic mass is 19.1. The molecule has 2 heterocycles. The molecule has 24 heavy (non-hydrogen) atoms. The van der Waals surface area contributed by atoms with Crippen molar-refractivity contribution >= 4 is 5.91 Å². The van der Waals surface area contributed by atoms with Gasteiger partial charge in [-0.25, -0.2) is 8.78 Å². The molecule has 3 rings (SSSR count). The van der Waals surface area contributed by atoms with Crippen molar-refractivity contribution in [3.05, 3.63) is 59.6 Å². The molecule has 4 nitrogen and oxygen atoms in total. The quantitative estimate of drug-likeness (QED) is 0.934. The first kappa shape index (κ1) is 16.6. The van der Waals surface area contributed by atoms with E-state index in [1.807, 2.05) is 0 Å². The normalized spacial score (nSPS) is 21.0. The van der Waals surface area contributed by atoms with Crippen LogP contribution in [0.5, 0.6) is 0 Å². The second-order valence-electron chi connectivity index (χ2n) is 6.41. The second kappa shape index (κ2) is 6.73. The molecule has 0 aliphatic carbocycles. The molecule has 1 N–H and O–H groups in total. The largest absolute Gasteiger partial charge is 0.472 e. The minimum absolute atomic E-state index is 0.166. The summed E-state index contributed by atoms with van der Waals surface area (Å²) in [4.78, 5) is 14.1. The Hall–Kier alpha value is -2.21. The molecule has 1 aromatic heterocycles. The summed E-state index contributed by atoms with van der Waals surface area (Å²) < 4.78 is 32.0. The third-order valence-corrected chi connectivity index (χ3v) is 4.63. The number of amides is 1. The van der Waals surface area contributed by atoms with E-state index in [1.165, 1.54) is 24.7 Å². The van der Waals surface area contributed by atoms with Crippen molar-refractivity contribution in [1.29, 1.82) is 0 Å². The van der Waals surface area contributed by atoms with Crippen LogP contribution in [-0.2, 0) is 6.42 Å². The lowest BCUT2D eigenvalue weighted by Gasteiger charge is -2.42. The fraction of sp³-hybridized carbons (Fsp3) is 0.389. The lowest BCUT2D eigenvalue weighted by molar-refractivity contribution is 0.0267. The lowest BCUT2D eigenvalue weighted by atomic mass is 9.75. The number of carbonyl (C=O) groups excluding carboxylic acids is 1. The Labute approximate surface area is 138 Å². The summed E-state index contributed by atoms with van der Waals surface area (Å²) in [5, 5.41) is 9.93. The van der Waals surface area contributed by atoms with Crippen LogP contribution in [0.1, 0.15) is 28.8 Å². The van der Waals surface area contributed by atoms with Crippen LogP contribution >= 0.6 is 0 Å². The van der Waals surface area contributed by atoms with Crippen LogP contribution in [-0.4, -0.2) is 35.6 Å². The zero-order valence-electron chi connectivity index (χ0n) is 13.2. The Morgan fingerprint density at radius 3 is 2.83 bits per heavy atom. The first-order valence-corrected chi connectivity index (χ1v) is 7.89. The molecule has 1 fully saturated rings. The number of aliphatic hydroxyl groups is 1. The highest BCUT2D eigenvalue weighted by Gasteiger charge is 2.37. The van der Waals surface area contributed by atoms with Gasteiger partial charge in [-0.05, 0) is 37.0 Å². The molecule has 1 aromatic carbocycles. The van der Waals surface area contributed by atoms with Crippen LogP contribution < -0.4 is 0 Å². The van der Waals surface area contributed by atoms with Gasteiger partial charge in [0.25, 0.3) is 5.91 Å². The smallest absolute Gasteiger partial charge is 0.257 e. The van der Waals surface area contributed by atoms with E-state index in [9.17, 15) is 18.7 Å². The van der Waals surface area contributed by atoms with E-state index in [1.54, 1.807) is 11.0 Å². The SMILES string of the molecule is O=C(c1ccoc1)N1CCC[C@@](CO)(Cc2ccc(F)cc2F)C1. The fourth-order valence-corrected chi connectivity index (χ4v) is 3.35. The van der Waals surface area contributed by atoms with Gasteiger partial charge in [0, 0.05) is 24.6 Å². The Morgan fingerprint density at radius 1 is 1.33 bits per heavy atom. The summed E-state index contributed by atoms with van der Waals surface area (Å²) in [5.74, 6) is -1.42. The molecule has 0 bridgehead atoms. The number of benzene rings is 1. The molecule has 0 saturated carbocycles. The van der Waals surface area contributed by atoms with E-state index in [2.05, 4.69) is 0 Å². The molecule has 1 aliphatic heterocycles. The van der Waals surface area contributed by atoms with Crippen LogP contribution in [0.15, 0.2) is 41.2 Å². The fourth-order valence-electron chi connectivity index (χ4n) is 3.35. The first-order valence-electron chi connectivity index (χ1n) is 7.89. The Bertz CT molecular complexity index is 717. The summed E-state index contributed by atoms with van der Waals surface area (Å²) in [5.41, 5.74) is 0.177. The Balaban J connectivity index is 1.80. The van der Waals surface area contributed by atoms with E-state index in [-0.39, 0.29) is 18.9 Å². The highest BCUT2D eigenvalue weighted by Crippen LogP contribution is 2.34. The van der Waals surface area contributed by atoms with Gasteiger partial charge in [0.15, 0.2) is 0 Å². The maximum absolute atomic E-state index is 14.0. The van der Waals surface area contributed by atoms with Gasteiger partial charge < -0.3 is 14.4 Å². The number of rotatable bonds is 4. The van der Waals surface area contributed by atoms with Crippen molar-refractivity contribution in [2.24, 2.45) is 5.41 Å². The third-order valence-electron chi connectivity index (χ3n) is 4.63. The van der Waals surface area contributed by atoms with E-state index in [0.29, 0.717) is 37.1 Å². The van der Waals surface area contributed by atoms with Gasteiger partial charge in [0.05, 0.1) is 18.4 Å². The van der Waals surface area contributed by atoms with E-state index < -0.39 is 17.0 Å². The van der Waals surface area contributed by atoms with Crippen molar-refractivity contribution in [3.63, 3.8) is 0 Å². The van der Waals surface area contributed by atoms with Gasteiger partial charge in [-0.3, -0.25) is 4.79 Å². The Kier molecular flexibility index (Phi) is 4.66. The lowest BCUT2D eigenvalue weighted by Crippen LogP contribution is -2.49. The number of carbonyl (C=O) groups is 1. The molecule has 1 amide bonds. The van der Waals surface area contributed by atoms with Gasteiger partial charge in [-0.1, -0.05) is 6.07 Å². The van der Waals surface area contributed by atoms with Crippen molar-refractivity contribution in [3.8, 4) is 0 Å². The molecule has 1 aliphatic rings. The molecule has 0 radical (unpaired) electrons. The average Bonchev–Trinajstić information content (AvgIpc) is 3.11. The summed E-state index contributed by atoms with van der Waals surface area (Å²) in [6, 6.07) is 5.05. The second-order valence-corrected chi connectivity index (χ2v) is 6.41. The van der Waals surface area contributed by atoms with Crippen LogP contribution in [0.4, 0.5) is 8.78 Å². The minimum Gasteiger partial charge on any atom is -0.472 e. The van der Waals surface area contributed by atoms with Crippen LogP contribution in [0.25, 0.3) is 0 Å². The molecular formula is C18H19F2NO3. The predicted molar refractivity (Wildman–Crippen MR) is 83.4 cm³/mol. The number of hydrogen-bond donors (Lipinski definition) is 1. The maximum Gasteiger partial charge on any atom is 0.257 e.